The van der Waals surface area contributed by atoms with Crippen LogP contribution in [0.3, 0.4) is 0 Å². The molecule has 0 radical (unpaired) electrons. The number of fused-ring (bicyclic) bond motifs is 1. The smallest absolute Gasteiger partial charge is 0.241 e. The van der Waals surface area contributed by atoms with E-state index < -0.39 is 15.8 Å². The molecule has 2 aromatic carbocycles. The zero-order valence-corrected chi connectivity index (χ0v) is 15.0. The van der Waals surface area contributed by atoms with Crippen LogP contribution in [0.1, 0.15) is 6.42 Å². The normalized spacial score (nSPS) is 11.9. The summed E-state index contributed by atoms with van der Waals surface area (Å²) in [4.78, 5) is 4.32. The molecule has 0 fully saturated rings. The van der Waals surface area contributed by atoms with E-state index in [2.05, 4.69) is 25.6 Å². The van der Waals surface area contributed by atoms with E-state index in [1.54, 1.807) is 6.33 Å². The number of rotatable bonds is 6. The van der Waals surface area contributed by atoms with E-state index in [4.69, 9.17) is 0 Å². The molecule has 3 rings (SSSR count). The lowest BCUT2D eigenvalue weighted by Gasteiger charge is -2.09. The Labute approximate surface area is 147 Å². The molecule has 0 aliphatic rings. The first-order valence-corrected chi connectivity index (χ1v) is 9.59. The fraction of sp³-hybridized carbons (Fsp3) is 0.188. The minimum absolute atomic E-state index is 0.0250. The van der Waals surface area contributed by atoms with Crippen LogP contribution >= 0.6 is 15.9 Å². The Hall–Kier alpha value is -1.77. The molecule has 1 heterocycles. The number of sulfonamides is 1. The Balaban J connectivity index is 1.61. The van der Waals surface area contributed by atoms with Crippen LogP contribution in [0.2, 0.25) is 0 Å². The third-order valence-electron chi connectivity index (χ3n) is 3.58. The summed E-state index contributed by atoms with van der Waals surface area (Å²) < 4.78 is 42.3. The zero-order valence-electron chi connectivity index (χ0n) is 12.6. The van der Waals surface area contributed by atoms with Crippen LogP contribution < -0.4 is 4.72 Å². The van der Waals surface area contributed by atoms with Gasteiger partial charge in [-0.1, -0.05) is 12.1 Å². The zero-order chi connectivity index (χ0) is 17.2. The Bertz CT molecular complexity index is 972. The Morgan fingerprint density at radius 3 is 2.79 bits per heavy atom. The first-order valence-electron chi connectivity index (χ1n) is 7.32. The van der Waals surface area contributed by atoms with E-state index in [1.807, 2.05) is 28.8 Å². The lowest BCUT2D eigenvalue weighted by atomic mass is 10.3. The van der Waals surface area contributed by atoms with Gasteiger partial charge < -0.3 is 4.57 Å². The van der Waals surface area contributed by atoms with E-state index >= 15 is 0 Å². The largest absolute Gasteiger partial charge is 0.331 e. The van der Waals surface area contributed by atoms with Gasteiger partial charge in [0, 0.05) is 17.6 Å². The molecule has 0 amide bonds. The van der Waals surface area contributed by atoms with Crippen molar-refractivity contribution in [2.45, 2.75) is 17.9 Å². The average Bonchev–Trinajstić information content (AvgIpc) is 2.94. The highest BCUT2D eigenvalue weighted by atomic mass is 79.9. The molecule has 3 aromatic rings. The highest BCUT2D eigenvalue weighted by Crippen LogP contribution is 2.22. The minimum atomic E-state index is -3.68. The molecular weight excluding hydrogens is 397 g/mol. The molecule has 0 saturated carbocycles. The number of hydrogen-bond donors (Lipinski definition) is 1. The summed E-state index contributed by atoms with van der Waals surface area (Å²) >= 11 is 3.08. The lowest BCUT2D eigenvalue weighted by Crippen LogP contribution is -2.26. The standard InChI is InChI=1S/C16H15BrFN3O2S/c17-13-10-12(18)6-7-16(13)24(22,23)20-8-3-9-21-11-19-14-4-1-2-5-15(14)21/h1-2,4-7,10-11,20H,3,8-9H2. The lowest BCUT2D eigenvalue weighted by molar-refractivity contribution is 0.570. The number of para-hydroxylation sites is 2. The third-order valence-corrected chi connectivity index (χ3v) is 6.02. The number of nitrogens with one attached hydrogen (secondary N) is 1. The predicted molar refractivity (Wildman–Crippen MR) is 93.6 cm³/mol. The molecule has 1 N–H and O–H groups in total. The molecule has 0 unspecified atom stereocenters. The summed E-state index contributed by atoms with van der Waals surface area (Å²) in [6, 6.07) is 11.3. The number of aryl methyl sites for hydroxylation is 1. The summed E-state index contributed by atoms with van der Waals surface area (Å²) in [7, 11) is -3.68. The fourth-order valence-corrected chi connectivity index (χ4v) is 4.54. The van der Waals surface area contributed by atoms with E-state index in [1.165, 1.54) is 6.07 Å². The van der Waals surface area contributed by atoms with E-state index in [9.17, 15) is 12.8 Å². The fourth-order valence-electron chi connectivity index (χ4n) is 2.42. The van der Waals surface area contributed by atoms with E-state index in [-0.39, 0.29) is 15.9 Å². The van der Waals surface area contributed by atoms with Crippen LogP contribution in [-0.2, 0) is 16.6 Å². The molecule has 0 bridgehead atoms. The Morgan fingerprint density at radius 2 is 2.00 bits per heavy atom. The number of halogens is 2. The Kier molecular flexibility index (Phi) is 4.98. The molecule has 126 valence electrons. The van der Waals surface area contributed by atoms with Crippen molar-refractivity contribution in [1.82, 2.24) is 14.3 Å². The molecular formula is C16H15BrFN3O2S. The van der Waals surface area contributed by atoms with Crippen LogP contribution in [0.4, 0.5) is 4.39 Å². The second-order valence-electron chi connectivity index (χ2n) is 5.25. The summed E-state index contributed by atoms with van der Waals surface area (Å²) in [6.07, 6.45) is 2.36. The van der Waals surface area contributed by atoms with Gasteiger partial charge in [-0.25, -0.2) is 22.5 Å². The molecule has 24 heavy (non-hydrogen) atoms. The average molecular weight is 412 g/mol. The number of hydrogen-bond acceptors (Lipinski definition) is 3. The van der Waals surface area contributed by atoms with Crippen LogP contribution in [-0.4, -0.2) is 24.5 Å². The molecule has 8 heteroatoms. The maximum atomic E-state index is 13.1. The van der Waals surface area contributed by atoms with Crippen molar-refractivity contribution in [3.8, 4) is 0 Å². The molecule has 0 spiro atoms. The highest BCUT2D eigenvalue weighted by Gasteiger charge is 2.17. The minimum Gasteiger partial charge on any atom is -0.331 e. The summed E-state index contributed by atoms with van der Waals surface area (Å²) in [5.74, 6) is -0.493. The van der Waals surface area contributed by atoms with E-state index in [0.29, 0.717) is 13.0 Å². The van der Waals surface area contributed by atoms with Crippen LogP contribution in [0, 0.1) is 5.82 Å². The molecule has 0 aliphatic heterocycles. The first-order chi connectivity index (χ1) is 11.5. The number of aromatic nitrogens is 2. The van der Waals surface area contributed by atoms with Crippen LogP contribution in [0.25, 0.3) is 11.0 Å². The molecule has 5 nitrogen and oxygen atoms in total. The SMILES string of the molecule is O=S(=O)(NCCCn1cnc2ccccc21)c1ccc(F)cc1Br. The Morgan fingerprint density at radius 1 is 1.21 bits per heavy atom. The first kappa shape index (κ1) is 17.1. The van der Waals surface area contributed by atoms with E-state index in [0.717, 1.165) is 23.2 Å². The highest BCUT2D eigenvalue weighted by molar-refractivity contribution is 9.10. The molecule has 1 aromatic heterocycles. The van der Waals surface area contributed by atoms with Crippen molar-refractivity contribution >= 4 is 37.0 Å². The molecule has 0 aliphatic carbocycles. The van der Waals surface area contributed by atoms with Gasteiger partial charge in [0.05, 0.1) is 22.3 Å². The van der Waals surface area contributed by atoms with Crippen LogP contribution in [0.5, 0.6) is 0 Å². The van der Waals surface area contributed by atoms with Crippen molar-refractivity contribution in [1.29, 1.82) is 0 Å². The second kappa shape index (κ2) is 7.00. The number of imidazole rings is 1. The van der Waals surface area contributed by atoms with Crippen LogP contribution in [0.15, 0.2) is 58.2 Å². The summed E-state index contributed by atoms with van der Waals surface area (Å²) in [6.45, 7) is 0.923. The van der Waals surface area contributed by atoms with Gasteiger partial charge >= 0.3 is 0 Å². The molecule has 0 atom stereocenters. The summed E-state index contributed by atoms with van der Waals surface area (Å²) in [5, 5.41) is 0. The maximum Gasteiger partial charge on any atom is 0.241 e. The van der Waals surface area contributed by atoms with Crippen molar-refractivity contribution in [3.05, 3.63) is 59.1 Å². The van der Waals surface area contributed by atoms with Crippen molar-refractivity contribution in [2.24, 2.45) is 0 Å². The summed E-state index contributed by atoms with van der Waals surface area (Å²) in [5.41, 5.74) is 1.93. The van der Waals surface area contributed by atoms with Crippen molar-refractivity contribution in [3.63, 3.8) is 0 Å². The van der Waals surface area contributed by atoms with Gasteiger partial charge in [-0.2, -0.15) is 0 Å². The quantitative estimate of drug-likeness (QED) is 0.632. The maximum absolute atomic E-state index is 13.1. The van der Waals surface area contributed by atoms with Gasteiger partial charge in [0.25, 0.3) is 0 Å². The van der Waals surface area contributed by atoms with Gasteiger partial charge in [-0.3, -0.25) is 0 Å². The van der Waals surface area contributed by atoms with Gasteiger partial charge in [0.1, 0.15) is 5.82 Å². The van der Waals surface area contributed by atoms with Gasteiger partial charge in [0.15, 0.2) is 0 Å². The van der Waals surface area contributed by atoms with Gasteiger partial charge in [-0.15, -0.1) is 0 Å². The van der Waals surface area contributed by atoms with Gasteiger partial charge in [0.2, 0.25) is 10.0 Å². The molecule has 0 saturated heterocycles. The third kappa shape index (κ3) is 3.66. The topological polar surface area (TPSA) is 64.0 Å². The van der Waals surface area contributed by atoms with Gasteiger partial charge in [-0.05, 0) is 52.7 Å². The number of nitrogens with zero attached hydrogens (tertiary/aromatic N) is 2. The predicted octanol–water partition coefficient (Wildman–Crippen LogP) is 3.31. The monoisotopic (exact) mass is 411 g/mol. The van der Waals surface area contributed by atoms with Crippen molar-refractivity contribution < 1.29 is 12.8 Å². The van der Waals surface area contributed by atoms with Crippen molar-refractivity contribution in [2.75, 3.05) is 6.54 Å². The number of benzene rings is 2. The second-order valence-corrected chi connectivity index (χ2v) is 7.84.